The predicted molar refractivity (Wildman–Crippen MR) is 82.6 cm³/mol. The molecule has 3 rings (SSSR count). The normalized spacial score (nSPS) is 12.7. The first-order chi connectivity index (χ1) is 10.2. The van der Waals surface area contributed by atoms with Crippen LogP contribution in [0.3, 0.4) is 0 Å². The molecule has 1 aromatic carbocycles. The number of fused-ring (bicyclic) bond motifs is 1. The van der Waals surface area contributed by atoms with Crippen molar-refractivity contribution in [2.75, 3.05) is 13.7 Å². The van der Waals surface area contributed by atoms with Crippen molar-refractivity contribution in [3.05, 3.63) is 52.2 Å². The van der Waals surface area contributed by atoms with Crippen molar-refractivity contribution in [1.82, 2.24) is 5.32 Å². The SMILES string of the molecule is CCNC(c1cc2cccc(F)c2o1)c1cc(OC)cs1. The van der Waals surface area contributed by atoms with E-state index < -0.39 is 0 Å². The second kappa shape index (κ2) is 5.87. The fourth-order valence-electron chi connectivity index (χ4n) is 2.33. The summed E-state index contributed by atoms with van der Waals surface area (Å²) in [7, 11) is 1.64. The number of hydrogen-bond donors (Lipinski definition) is 1. The summed E-state index contributed by atoms with van der Waals surface area (Å²) < 4.78 is 24.7. The van der Waals surface area contributed by atoms with Crippen molar-refractivity contribution in [2.24, 2.45) is 0 Å². The minimum absolute atomic E-state index is 0.101. The summed E-state index contributed by atoms with van der Waals surface area (Å²) >= 11 is 1.59. The molecule has 0 radical (unpaired) electrons. The Bertz CT molecular complexity index is 750. The summed E-state index contributed by atoms with van der Waals surface area (Å²) in [6.07, 6.45) is 0. The van der Waals surface area contributed by atoms with Gasteiger partial charge in [0.05, 0.1) is 7.11 Å². The van der Waals surface area contributed by atoms with Crippen LogP contribution in [0.15, 0.2) is 40.1 Å². The molecule has 2 heterocycles. The molecule has 3 aromatic rings. The summed E-state index contributed by atoms with van der Waals surface area (Å²) in [6, 6.07) is 8.71. The second-order valence-corrected chi connectivity index (χ2v) is 5.63. The van der Waals surface area contributed by atoms with Gasteiger partial charge in [0.2, 0.25) is 0 Å². The summed E-state index contributed by atoms with van der Waals surface area (Å²) in [6.45, 7) is 2.81. The summed E-state index contributed by atoms with van der Waals surface area (Å²) in [4.78, 5) is 1.08. The Balaban J connectivity index is 2.04. The molecule has 110 valence electrons. The van der Waals surface area contributed by atoms with Gasteiger partial charge in [0.25, 0.3) is 0 Å². The van der Waals surface area contributed by atoms with Gasteiger partial charge >= 0.3 is 0 Å². The van der Waals surface area contributed by atoms with Crippen molar-refractivity contribution in [3.8, 4) is 5.75 Å². The highest BCUT2D eigenvalue weighted by molar-refractivity contribution is 7.10. The van der Waals surface area contributed by atoms with Gasteiger partial charge < -0.3 is 14.5 Å². The highest BCUT2D eigenvalue weighted by atomic mass is 32.1. The zero-order valence-electron chi connectivity index (χ0n) is 11.9. The molecule has 21 heavy (non-hydrogen) atoms. The maximum atomic E-state index is 13.8. The third-order valence-corrected chi connectivity index (χ3v) is 4.30. The van der Waals surface area contributed by atoms with Crippen LogP contribution < -0.4 is 10.1 Å². The predicted octanol–water partition coefficient (Wildman–Crippen LogP) is 4.34. The van der Waals surface area contributed by atoms with Crippen LogP contribution in [-0.4, -0.2) is 13.7 Å². The van der Waals surface area contributed by atoms with Crippen LogP contribution in [0.25, 0.3) is 11.0 Å². The molecular formula is C16H16FNO2S. The summed E-state index contributed by atoms with van der Waals surface area (Å²) in [5.41, 5.74) is 0.305. The van der Waals surface area contributed by atoms with E-state index in [1.807, 2.05) is 30.5 Å². The van der Waals surface area contributed by atoms with Crippen molar-refractivity contribution in [2.45, 2.75) is 13.0 Å². The van der Waals surface area contributed by atoms with Crippen LogP contribution >= 0.6 is 11.3 Å². The average Bonchev–Trinajstić information content (AvgIpc) is 3.12. The third-order valence-electron chi connectivity index (χ3n) is 3.32. The lowest BCUT2D eigenvalue weighted by molar-refractivity contribution is 0.415. The minimum Gasteiger partial charge on any atom is -0.496 e. The Morgan fingerprint density at radius 1 is 1.38 bits per heavy atom. The summed E-state index contributed by atoms with van der Waals surface area (Å²) in [5.74, 6) is 1.19. The van der Waals surface area contributed by atoms with Gasteiger partial charge in [-0.25, -0.2) is 4.39 Å². The molecule has 0 saturated heterocycles. The molecule has 1 unspecified atom stereocenters. The molecule has 3 nitrogen and oxygen atoms in total. The number of para-hydroxylation sites is 1. The average molecular weight is 305 g/mol. The smallest absolute Gasteiger partial charge is 0.169 e. The maximum Gasteiger partial charge on any atom is 0.169 e. The molecule has 2 aromatic heterocycles. The van der Waals surface area contributed by atoms with Gasteiger partial charge in [0, 0.05) is 15.6 Å². The van der Waals surface area contributed by atoms with E-state index in [2.05, 4.69) is 5.32 Å². The van der Waals surface area contributed by atoms with E-state index in [-0.39, 0.29) is 11.9 Å². The molecule has 0 aliphatic rings. The molecule has 1 N–H and O–H groups in total. The number of furan rings is 1. The number of benzene rings is 1. The highest BCUT2D eigenvalue weighted by Gasteiger charge is 2.20. The quantitative estimate of drug-likeness (QED) is 0.761. The van der Waals surface area contributed by atoms with Crippen molar-refractivity contribution in [1.29, 1.82) is 0 Å². The Morgan fingerprint density at radius 2 is 2.24 bits per heavy atom. The maximum absolute atomic E-state index is 13.8. The van der Waals surface area contributed by atoms with E-state index in [0.717, 1.165) is 22.6 Å². The van der Waals surface area contributed by atoms with Crippen LogP contribution in [0, 0.1) is 5.82 Å². The largest absolute Gasteiger partial charge is 0.496 e. The number of rotatable bonds is 5. The second-order valence-electron chi connectivity index (χ2n) is 4.69. The number of thiophene rings is 1. The fraction of sp³-hybridized carbons (Fsp3) is 0.250. The lowest BCUT2D eigenvalue weighted by atomic mass is 10.1. The van der Waals surface area contributed by atoms with Gasteiger partial charge in [-0.15, -0.1) is 11.3 Å². The van der Waals surface area contributed by atoms with E-state index in [0.29, 0.717) is 11.3 Å². The van der Waals surface area contributed by atoms with E-state index >= 15 is 0 Å². The fourth-order valence-corrected chi connectivity index (χ4v) is 3.26. The Labute approximate surface area is 126 Å². The molecule has 0 saturated carbocycles. The Kier molecular flexibility index (Phi) is 3.94. The van der Waals surface area contributed by atoms with Crippen LogP contribution in [-0.2, 0) is 0 Å². The summed E-state index contributed by atoms with van der Waals surface area (Å²) in [5, 5.41) is 6.09. The van der Waals surface area contributed by atoms with Crippen molar-refractivity contribution < 1.29 is 13.5 Å². The Morgan fingerprint density at radius 3 is 2.90 bits per heavy atom. The molecule has 1 atom stereocenters. The van der Waals surface area contributed by atoms with Gasteiger partial charge in [-0.3, -0.25) is 0 Å². The molecule has 0 aliphatic heterocycles. The number of halogens is 1. The lowest BCUT2D eigenvalue weighted by Crippen LogP contribution is -2.20. The van der Waals surface area contributed by atoms with Crippen molar-refractivity contribution >= 4 is 22.3 Å². The first kappa shape index (κ1) is 14.1. The van der Waals surface area contributed by atoms with E-state index in [1.54, 1.807) is 24.5 Å². The molecule has 0 bridgehead atoms. The number of methoxy groups -OCH3 is 1. The monoisotopic (exact) mass is 305 g/mol. The number of nitrogens with one attached hydrogen (secondary N) is 1. The topological polar surface area (TPSA) is 34.4 Å². The zero-order valence-corrected chi connectivity index (χ0v) is 12.7. The third kappa shape index (κ3) is 2.66. The van der Waals surface area contributed by atoms with Crippen LogP contribution in [0.1, 0.15) is 23.6 Å². The van der Waals surface area contributed by atoms with Gasteiger partial charge in [-0.05, 0) is 24.7 Å². The van der Waals surface area contributed by atoms with Gasteiger partial charge in [-0.2, -0.15) is 0 Å². The standard InChI is InChI=1S/C16H16FNO2S/c1-3-18-15(14-8-11(19-2)9-21-14)13-7-10-5-4-6-12(17)16(10)20-13/h4-9,15,18H,3H2,1-2H3. The number of hydrogen-bond acceptors (Lipinski definition) is 4. The molecule has 0 fully saturated rings. The molecule has 0 amide bonds. The van der Waals surface area contributed by atoms with Crippen LogP contribution in [0.5, 0.6) is 5.75 Å². The van der Waals surface area contributed by atoms with E-state index in [4.69, 9.17) is 9.15 Å². The Hall–Kier alpha value is -1.85. The molecular weight excluding hydrogens is 289 g/mol. The first-order valence-corrected chi connectivity index (χ1v) is 7.64. The minimum atomic E-state index is -0.335. The van der Waals surface area contributed by atoms with Gasteiger partial charge in [0.1, 0.15) is 17.6 Å². The molecule has 0 spiro atoms. The highest BCUT2D eigenvalue weighted by Crippen LogP contribution is 2.34. The van der Waals surface area contributed by atoms with Gasteiger partial charge in [0.15, 0.2) is 11.4 Å². The molecule has 5 heteroatoms. The molecule has 0 aliphatic carbocycles. The lowest BCUT2D eigenvalue weighted by Gasteiger charge is -2.13. The first-order valence-electron chi connectivity index (χ1n) is 6.76. The van der Waals surface area contributed by atoms with E-state index in [1.165, 1.54) is 6.07 Å². The zero-order chi connectivity index (χ0) is 14.8. The van der Waals surface area contributed by atoms with Crippen LogP contribution in [0.4, 0.5) is 4.39 Å². The van der Waals surface area contributed by atoms with Crippen molar-refractivity contribution in [3.63, 3.8) is 0 Å². The van der Waals surface area contributed by atoms with E-state index in [9.17, 15) is 4.39 Å². The van der Waals surface area contributed by atoms with Gasteiger partial charge in [-0.1, -0.05) is 19.1 Å². The van der Waals surface area contributed by atoms with Crippen LogP contribution in [0.2, 0.25) is 0 Å². The number of ether oxygens (including phenoxy) is 1.